The van der Waals surface area contributed by atoms with Gasteiger partial charge in [0.2, 0.25) is 5.91 Å². The fourth-order valence-corrected chi connectivity index (χ4v) is 4.87. The number of benzene rings is 2. The average molecular weight is 440 g/mol. The molecular weight excluding hydrogens is 422 g/mol. The molecule has 29 heavy (non-hydrogen) atoms. The molecule has 0 unspecified atom stereocenters. The highest BCUT2D eigenvalue weighted by atomic mass is 35.5. The van der Waals surface area contributed by atoms with Crippen molar-refractivity contribution in [3.8, 4) is 0 Å². The summed E-state index contributed by atoms with van der Waals surface area (Å²) >= 11 is 9.29. The molecule has 0 radical (unpaired) electrons. The summed E-state index contributed by atoms with van der Waals surface area (Å²) in [5, 5.41) is 1.35. The van der Waals surface area contributed by atoms with Gasteiger partial charge in [0.05, 0.1) is 22.5 Å². The van der Waals surface area contributed by atoms with E-state index in [-0.39, 0.29) is 5.91 Å². The van der Waals surface area contributed by atoms with Crippen LogP contribution in [0, 0.1) is 6.92 Å². The summed E-state index contributed by atoms with van der Waals surface area (Å²) in [4.78, 5) is 24.9. The van der Waals surface area contributed by atoms with E-state index in [2.05, 4.69) is 4.98 Å². The average Bonchev–Trinajstić information content (AvgIpc) is 3.19. The predicted molar refractivity (Wildman–Crippen MR) is 122 cm³/mol. The van der Waals surface area contributed by atoms with Crippen molar-refractivity contribution < 1.29 is 4.79 Å². The molecule has 4 nitrogen and oxygen atoms in total. The van der Waals surface area contributed by atoms with E-state index in [1.807, 2.05) is 61.5 Å². The molecule has 0 spiro atoms. The fraction of sp³-hybridized carbons (Fsp3) is 0.136. The quantitative estimate of drug-likeness (QED) is 0.347. The number of carbonyl (C=O) groups is 1. The second-order valence-electron chi connectivity index (χ2n) is 6.46. The fourth-order valence-electron chi connectivity index (χ4n) is 2.88. The van der Waals surface area contributed by atoms with Gasteiger partial charge in [0, 0.05) is 22.3 Å². The van der Waals surface area contributed by atoms with E-state index >= 15 is 0 Å². The minimum atomic E-state index is 0.00510. The van der Waals surface area contributed by atoms with Crippen molar-refractivity contribution in [1.82, 2.24) is 9.97 Å². The van der Waals surface area contributed by atoms with Crippen molar-refractivity contribution in [2.75, 3.05) is 10.7 Å². The number of amides is 1. The number of hydrogen-bond donors (Lipinski definition) is 0. The van der Waals surface area contributed by atoms with E-state index in [0.717, 1.165) is 26.2 Å². The summed E-state index contributed by atoms with van der Waals surface area (Å²) in [5.74, 6) is 0.338. The molecule has 1 amide bonds. The Balaban J connectivity index is 1.64. The van der Waals surface area contributed by atoms with Gasteiger partial charge in [-0.25, -0.2) is 4.98 Å². The molecule has 4 aromatic rings. The molecule has 2 aromatic heterocycles. The highest BCUT2D eigenvalue weighted by Gasteiger charge is 2.21. The molecule has 0 atom stereocenters. The van der Waals surface area contributed by atoms with Gasteiger partial charge in [-0.15, -0.1) is 11.8 Å². The monoisotopic (exact) mass is 439 g/mol. The number of anilines is 1. The zero-order chi connectivity index (χ0) is 20.2. The Hall–Kier alpha value is -2.41. The highest BCUT2D eigenvalue weighted by Crippen LogP contribution is 2.34. The summed E-state index contributed by atoms with van der Waals surface area (Å²) in [7, 11) is 0. The smallest absolute Gasteiger partial charge is 0.239 e. The van der Waals surface area contributed by atoms with E-state index in [0.29, 0.717) is 22.5 Å². The third kappa shape index (κ3) is 4.61. The van der Waals surface area contributed by atoms with Gasteiger partial charge < -0.3 is 0 Å². The molecule has 0 saturated heterocycles. The maximum Gasteiger partial charge on any atom is 0.239 e. The van der Waals surface area contributed by atoms with Crippen LogP contribution in [0.1, 0.15) is 11.1 Å². The number of fused-ring (bicyclic) bond motifs is 1. The Bertz CT molecular complexity index is 1130. The number of aryl methyl sites for hydroxylation is 1. The summed E-state index contributed by atoms with van der Waals surface area (Å²) in [6.45, 7) is 2.38. The lowest BCUT2D eigenvalue weighted by atomic mass is 10.2. The van der Waals surface area contributed by atoms with Crippen LogP contribution in [-0.4, -0.2) is 21.6 Å². The van der Waals surface area contributed by atoms with Crippen LogP contribution in [0.4, 0.5) is 5.13 Å². The van der Waals surface area contributed by atoms with Gasteiger partial charge >= 0.3 is 0 Å². The van der Waals surface area contributed by atoms with E-state index in [1.54, 1.807) is 17.3 Å². The Morgan fingerprint density at radius 3 is 2.72 bits per heavy atom. The zero-order valence-corrected chi connectivity index (χ0v) is 18.1. The molecule has 0 bridgehead atoms. The summed E-state index contributed by atoms with van der Waals surface area (Å²) in [6, 6.07) is 17.6. The summed E-state index contributed by atoms with van der Waals surface area (Å²) < 4.78 is 1.02. The van der Waals surface area contributed by atoms with Gasteiger partial charge in [-0.2, -0.15) is 0 Å². The van der Waals surface area contributed by atoms with Gasteiger partial charge in [0.25, 0.3) is 0 Å². The molecule has 2 aromatic carbocycles. The second kappa shape index (κ2) is 8.95. The Kier molecular flexibility index (Phi) is 6.13. The SMILES string of the molecule is Cc1c(Cl)ccc2sc(N(Cc3cccnc3)C(=O)CSc3ccccc3)nc12. The van der Waals surface area contributed by atoms with Gasteiger partial charge in [0.15, 0.2) is 5.13 Å². The molecule has 0 fully saturated rings. The molecule has 146 valence electrons. The number of halogens is 1. The van der Waals surface area contributed by atoms with Crippen LogP contribution in [0.2, 0.25) is 5.02 Å². The first-order valence-corrected chi connectivity index (χ1v) is 11.2. The number of aromatic nitrogens is 2. The lowest BCUT2D eigenvalue weighted by Crippen LogP contribution is -2.31. The molecule has 0 saturated carbocycles. The number of thiazole rings is 1. The normalized spacial score (nSPS) is 11.0. The third-order valence-electron chi connectivity index (χ3n) is 4.44. The predicted octanol–water partition coefficient (Wildman–Crippen LogP) is 5.98. The zero-order valence-electron chi connectivity index (χ0n) is 15.7. The number of pyridine rings is 1. The Morgan fingerprint density at radius 2 is 1.97 bits per heavy atom. The molecule has 0 aliphatic rings. The van der Waals surface area contributed by atoms with E-state index in [4.69, 9.17) is 16.6 Å². The van der Waals surface area contributed by atoms with Crippen LogP contribution < -0.4 is 4.90 Å². The topological polar surface area (TPSA) is 46.1 Å². The second-order valence-corrected chi connectivity index (χ2v) is 8.92. The van der Waals surface area contributed by atoms with Crippen LogP contribution in [-0.2, 0) is 11.3 Å². The maximum atomic E-state index is 13.2. The van der Waals surface area contributed by atoms with Gasteiger partial charge in [-0.05, 0) is 48.4 Å². The van der Waals surface area contributed by atoms with Crippen molar-refractivity contribution in [3.63, 3.8) is 0 Å². The highest BCUT2D eigenvalue weighted by molar-refractivity contribution is 8.00. The van der Waals surface area contributed by atoms with Crippen molar-refractivity contribution in [2.24, 2.45) is 0 Å². The third-order valence-corrected chi connectivity index (χ3v) is 6.89. The number of nitrogens with zero attached hydrogens (tertiary/aromatic N) is 3. The van der Waals surface area contributed by atoms with E-state index < -0.39 is 0 Å². The first-order valence-electron chi connectivity index (χ1n) is 9.04. The molecular formula is C22H18ClN3OS2. The maximum absolute atomic E-state index is 13.2. The standard InChI is InChI=1S/C22H18ClN3OS2/c1-15-18(23)9-10-19-21(15)25-22(29-19)26(13-16-6-5-11-24-12-16)20(27)14-28-17-7-3-2-4-8-17/h2-12H,13-14H2,1H3. The molecule has 4 rings (SSSR count). The van der Waals surface area contributed by atoms with E-state index in [9.17, 15) is 4.79 Å². The Morgan fingerprint density at radius 1 is 1.14 bits per heavy atom. The van der Waals surface area contributed by atoms with Gasteiger partial charge in [0.1, 0.15) is 0 Å². The summed E-state index contributed by atoms with van der Waals surface area (Å²) in [6.07, 6.45) is 3.50. The first-order chi connectivity index (χ1) is 14.1. The lowest BCUT2D eigenvalue weighted by Gasteiger charge is -2.19. The van der Waals surface area contributed by atoms with Crippen LogP contribution in [0.3, 0.4) is 0 Å². The van der Waals surface area contributed by atoms with Crippen molar-refractivity contribution in [2.45, 2.75) is 18.4 Å². The summed E-state index contributed by atoms with van der Waals surface area (Å²) in [5.41, 5.74) is 2.73. The van der Waals surface area contributed by atoms with Crippen LogP contribution >= 0.6 is 34.7 Å². The largest absolute Gasteiger partial charge is 0.283 e. The van der Waals surface area contributed by atoms with Crippen molar-refractivity contribution in [1.29, 1.82) is 0 Å². The number of rotatable bonds is 6. The minimum absolute atomic E-state index is 0.00510. The van der Waals surface area contributed by atoms with Crippen LogP contribution in [0.5, 0.6) is 0 Å². The number of thioether (sulfide) groups is 1. The van der Waals surface area contributed by atoms with Crippen LogP contribution in [0.15, 0.2) is 71.9 Å². The minimum Gasteiger partial charge on any atom is -0.283 e. The van der Waals surface area contributed by atoms with Crippen molar-refractivity contribution >= 4 is 56.0 Å². The van der Waals surface area contributed by atoms with E-state index in [1.165, 1.54) is 23.1 Å². The van der Waals surface area contributed by atoms with Gasteiger partial charge in [-0.3, -0.25) is 14.7 Å². The Labute approximate surface area is 182 Å². The molecule has 0 N–H and O–H groups in total. The van der Waals surface area contributed by atoms with Gasteiger partial charge in [-0.1, -0.05) is 47.2 Å². The molecule has 2 heterocycles. The number of hydrogen-bond acceptors (Lipinski definition) is 5. The lowest BCUT2D eigenvalue weighted by molar-refractivity contribution is -0.116. The van der Waals surface area contributed by atoms with Crippen LogP contribution in [0.25, 0.3) is 10.2 Å². The first kappa shape index (κ1) is 19.9. The number of carbonyl (C=O) groups excluding carboxylic acids is 1. The molecule has 7 heteroatoms. The van der Waals surface area contributed by atoms with Crippen molar-refractivity contribution in [3.05, 3.63) is 83.1 Å². The molecule has 0 aliphatic carbocycles. The molecule has 0 aliphatic heterocycles.